The van der Waals surface area contributed by atoms with Crippen molar-refractivity contribution in [2.75, 3.05) is 19.7 Å². The summed E-state index contributed by atoms with van der Waals surface area (Å²) in [5, 5.41) is 2.40. The summed E-state index contributed by atoms with van der Waals surface area (Å²) in [6.45, 7) is 8.59. The zero-order valence-electron chi connectivity index (χ0n) is 27.0. The first-order valence-electron chi connectivity index (χ1n) is 16.2. The number of hydrogen-bond donors (Lipinski definition) is 0. The van der Waals surface area contributed by atoms with Gasteiger partial charge in [-0.05, 0) is 45.1 Å². The molecule has 5 heteroatoms. The van der Waals surface area contributed by atoms with Crippen LogP contribution in [0.5, 0.6) is 0 Å². The molecule has 0 saturated carbocycles. The molecule has 0 atom stereocenters. The van der Waals surface area contributed by atoms with E-state index in [0.717, 1.165) is 34.5 Å². The molecule has 0 bridgehead atoms. The fraction of sp³-hybridized carbons (Fsp3) is 0.220. The second-order valence-corrected chi connectivity index (χ2v) is 17.3. The molecule has 0 aliphatic carbocycles. The van der Waals surface area contributed by atoms with Crippen molar-refractivity contribution >= 4 is 36.0 Å². The van der Waals surface area contributed by atoms with Crippen LogP contribution >= 0.6 is 0 Å². The van der Waals surface area contributed by atoms with E-state index in [0.29, 0.717) is 26.1 Å². The predicted octanol–water partition coefficient (Wildman–Crippen LogP) is 7.36. The van der Waals surface area contributed by atoms with E-state index in [-0.39, 0.29) is 10.9 Å². The number of nitrogens with zero attached hydrogens (tertiary/aromatic N) is 2. The van der Waals surface area contributed by atoms with Gasteiger partial charge in [-0.1, -0.05) is 148 Å². The van der Waals surface area contributed by atoms with Crippen LogP contribution in [0.1, 0.15) is 43.0 Å². The molecular weight excluding hydrogens is 581 g/mol. The Morgan fingerprint density at radius 2 is 1.24 bits per heavy atom. The Morgan fingerprint density at radius 1 is 0.717 bits per heavy atom. The lowest BCUT2D eigenvalue weighted by Gasteiger charge is -2.43. The minimum Gasteiger partial charge on any atom is -0.406 e. The highest BCUT2D eigenvalue weighted by molar-refractivity contribution is 6.99. The van der Waals surface area contributed by atoms with Crippen LogP contribution in [-0.4, -0.2) is 44.5 Å². The van der Waals surface area contributed by atoms with Gasteiger partial charge in [0.05, 0.1) is 24.4 Å². The van der Waals surface area contributed by atoms with Gasteiger partial charge in [-0.25, -0.2) is 4.99 Å². The molecule has 0 N–H and O–H groups in total. The van der Waals surface area contributed by atoms with Crippen LogP contribution in [0.4, 0.5) is 5.69 Å². The summed E-state index contributed by atoms with van der Waals surface area (Å²) in [6.07, 6.45) is 1.18. The first kappa shape index (κ1) is 31.4. The molecule has 0 unspecified atom stereocenters. The molecule has 1 aliphatic rings. The molecule has 46 heavy (non-hydrogen) atoms. The lowest BCUT2D eigenvalue weighted by Crippen LogP contribution is -2.67. The van der Waals surface area contributed by atoms with Gasteiger partial charge in [0, 0.05) is 24.2 Å². The Bertz CT molecular complexity index is 1700. The zero-order chi connectivity index (χ0) is 32.0. The van der Waals surface area contributed by atoms with E-state index in [2.05, 4.69) is 124 Å². The van der Waals surface area contributed by atoms with Gasteiger partial charge < -0.3 is 9.33 Å². The number of amides is 1. The summed E-state index contributed by atoms with van der Waals surface area (Å²) in [4.78, 5) is 20.8. The van der Waals surface area contributed by atoms with Gasteiger partial charge in [0.15, 0.2) is 0 Å². The lowest BCUT2D eigenvalue weighted by atomic mass is 10.0. The summed E-state index contributed by atoms with van der Waals surface area (Å²) in [5.74, 6) is 0.136. The largest absolute Gasteiger partial charge is 0.406 e. The highest BCUT2D eigenvalue weighted by atomic mass is 28.4. The average molecular weight is 623 g/mol. The summed E-state index contributed by atoms with van der Waals surface area (Å²) in [6, 6.07) is 48.2. The van der Waals surface area contributed by atoms with Crippen LogP contribution < -0.4 is 10.4 Å². The molecule has 0 fully saturated rings. The van der Waals surface area contributed by atoms with Gasteiger partial charge in [-0.15, -0.1) is 0 Å². The monoisotopic (exact) mass is 622 g/mol. The SMILES string of the molecule is CC(C)(C)[Si](OCCN1CCc2ccc(N=C(c3ccccc3)c3ccccc3)cc2CC1=O)(c1ccccc1)c1ccccc1. The minimum absolute atomic E-state index is 0.107. The van der Waals surface area contributed by atoms with Crippen molar-refractivity contribution in [2.45, 2.75) is 38.7 Å². The molecule has 1 amide bonds. The molecule has 0 saturated heterocycles. The highest BCUT2D eigenvalue weighted by Crippen LogP contribution is 2.36. The van der Waals surface area contributed by atoms with Gasteiger partial charge in [-0.3, -0.25) is 4.79 Å². The molecule has 5 aromatic rings. The van der Waals surface area contributed by atoms with Gasteiger partial charge in [0.1, 0.15) is 0 Å². The molecule has 1 heterocycles. The van der Waals surface area contributed by atoms with E-state index in [1.54, 1.807) is 0 Å². The molecule has 232 valence electrons. The third-order valence-electron chi connectivity index (χ3n) is 8.97. The van der Waals surface area contributed by atoms with Gasteiger partial charge in [0.2, 0.25) is 5.91 Å². The number of carbonyl (C=O) groups excluding carboxylic acids is 1. The average Bonchev–Trinajstić information content (AvgIpc) is 3.24. The number of aliphatic imine (C=N–C) groups is 1. The van der Waals surface area contributed by atoms with Crippen LogP contribution in [-0.2, 0) is 22.1 Å². The second-order valence-electron chi connectivity index (χ2n) is 13.0. The summed E-state index contributed by atoms with van der Waals surface area (Å²) in [7, 11) is -2.66. The van der Waals surface area contributed by atoms with Crippen LogP contribution in [0.3, 0.4) is 0 Å². The maximum Gasteiger partial charge on any atom is 0.261 e. The quantitative estimate of drug-likeness (QED) is 0.127. The fourth-order valence-electron chi connectivity index (χ4n) is 6.67. The number of carbonyl (C=O) groups is 1. The smallest absolute Gasteiger partial charge is 0.261 e. The normalized spacial score (nSPS) is 13.5. The number of fused-ring (bicyclic) bond motifs is 1. The third kappa shape index (κ3) is 6.67. The molecule has 6 rings (SSSR count). The van der Waals surface area contributed by atoms with E-state index in [1.807, 2.05) is 41.3 Å². The van der Waals surface area contributed by atoms with Crippen molar-refractivity contribution in [3.8, 4) is 0 Å². The molecule has 1 aliphatic heterocycles. The molecule has 5 aromatic carbocycles. The second kappa shape index (κ2) is 13.8. The summed E-state index contributed by atoms with van der Waals surface area (Å²) >= 11 is 0. The maximum atomic E-state index is 13.7. The van der Waals surface area contributed by atoms with Crippen LogP contribution in [0, 0.1) is 0 Å². The van der Waals surface area contributed by atoms with Crippen LogP contribution in [0.25, 0.3) is 0 Å². The third-order valence-corrected chi connectivity index (χ3v) is 14.0. The van der Waals surface area contributed by atoms with E-state index < -0.39 is 8.32 Å². The van der Waals surface area contributed by atoms with Crippen molar-refractivity contribution in [3.05, 3.63) is 162 Å². The maximum absolute atomic E-state index is 13.7. The minimum atomic E-state index is -2.66. The zero-order valence-corrected chi connectivity index (χ0v) is 28.0. The van der Waals surface area contributed by atoms with Crippen molar-refractivity contribution in [3.63, 3.8) is 0 Å². The Morgan fingerprint density at radius 3 is 1.76 bits per heavy atom. The summed E-state index contributed by atoms with van der Waals surface area (Å²) in [5.41, 5.74) is 6.17. The predicted molar refractivity (Wildman–Crippen MR) is 192 cm³/mol. The van der Waals surface area contributed by atoms with E-state index in [1.165, 1.54) is 15.9 Å². The van der Waals surface area contributed by atoms with E-state index in [4.69, 9.17) is 9.42 Å². The topological polar surface area (TPSA) is 41.9 Å². The Kier molecular flexibility index (Phi) is 9.43. The lowest BCUT2D eigenvalue weighted by molar-refractivity contribution is -0.130. The van der Waals surface area contributed by atoms with Gasteiger partial charge in [-0.2, -0.15) is 0 Å². The Balaban J connectivity index is 1.22. The number of benzene rings is 5. The molecule has 0 radical (unpaired) electrons. The molecule has 4 nitrogen and oxygen atoms in total. The molecule has 0 spiro atoms. The Hall–Kier alpha value is -4.58. The van der Waals surface area contributed by atoms with Crippen molar-refractivity contribution in [1.29, 1.82) is 0 Å². The standard InChI is InChI=1S/C41H42N2O2Si/c1-41(2,3)46(37-20-12-6-13-21-37,38-22-14-7-15-23-38)45-29-28-43-27-26-32-24-25-36(30-35(32)31-39(43)44)42-40(33-16-8-4-9-17-33)34-18-10-5-11-19-34/h4-25,30H,26-29,31H2,1-3H3. The van der Waals surface area contributed by atoms with E-state index >= 15 is 0 Å². The van der Waals surface area contributed by atoms with Crippen molar-refractivity contribution in [1.82, 2.24) is 4.90 Å². The van der Waals surface area contributed by atoms with Gasteiger partial charge in [0.25, 0.3) is 8.32 Å². The first-order chi connectivity index (χ1) is 22.3. The van der Waals surface area contributed by atoms with Crippen LogP contribution in [0.15, 0.2) is 145 Å². The molecule has 0 aromatic heterocycles. The number of hydrogen-bond acceptors (Lipinski definition) is 3. The Labute approximate surface area is 274 Å². The van der Waals surface area contributed by atoms with Crippen molar-refractivity contribution < 1.29 is 9.22 Å². The summed E-state index contributed by atoms with van der Waals surface area (Å²) < 4.78 is 7.11. The van der Waals surface area contributed by atoms with Gasteiger partial charge >= 0.3 is 0 Å². The first-order valence-corrected chi connectivity index (χ1v) is 18.1. The van der Waals surface area contributed by atoms with Crippen LogP contribution in [0.2, 0.25) is 5.04 Å². The fourth-order valence-corrected chi connectivity index (χ4v) is 11.2. The highest BCUT2D eigenvalue weighted by Gasteiger charge is 2.50. The molecular formula is C41H42N2O2Si. The van der Waals surface area contributed by atoms with E-state index in [9.17, 15) is 4.79 Å². The van der Waals surface area contributed by atoms with Crippen molar-refractivity contribution in [2.24, 2.45) is 4.99 Å². The number of rotatable bonds is 9.